The Hall–Kier alpha value is -2.18. The molecule has 0 spiro atoms. The first-order valence-electron chi connectivity index (χ1n) is 9.35. The molecule has 0 aliphatic carbocycles. The molecular formula is C20H25N3O3. The fraction of sp³-hybridized carbons (Fsp3) is 0.500. The maximum Gasteiger partial charge on any atom is 0.240 e. The number of nitrogens with two attached hydrogens (primary N) is 1. The summed E-state index contributed by atoms with van der Waals surface area (Å²) in [7, 11) is 0. The Morgan fingerprint density at radius 2 is 2.04 bits per heavy atom. The van der Waals surface area contributed by atoms with Gasteiger partial charge in [-0.15, -0.1) is 0 Å². The first kappa shape index (κ1) is 17.2. The number of amides is 1. The van der Waals surface area contributed by atoms with Crippen molar-refractivity contribution in [2.45, 2.75) is 44.2 Å². The number of carbonyl (C=O) groups is 1. The van der Waals surface area contributed by atoms with Crippen LogP contribution in [0.5, 0.6) is 0 Å². The Balaban J connectivity index is 1.41. The average Bonchev–Trinajstić information content (AvgIpc) is 3.12. The molecule has 3 heterocycles. The lowest BCUT2D eigenvalue weighted by Gasteiger charge is -2.28. The molecule has 1 amide bonds. The molecule has 0 radical (unpaired) electrons. The van der Waals surface area contributed by atoms with E-state index in [4.69, 9.17) is 19.9 Å². The summed E-state index contributed by atoms with van der Waals surface area (Å²) in [6.45, 7) is 2.65. The van der Waals surface area contributed by atoms with E-state index in [0.29, 0.717) is 31.8 Å². The number of hydrogen-bond acceptors (Lipinski definition) is 5. The Morgan fingerprint density at radius 1 is 1.27 bits per heavy atom. The van der Waals surface area contributed by atoms with Gasteiger partial charge in [-0.05, 0) is 24.8 Å². The Bertz CT molecular complexity index is 753. The molecule has 0 saturated carbocycles. The van der Waals surface area contributed by atoms with Crippen LogP contribution in [-0.4, -0.2) is 41.6 Å². The van der Waals surface area contributed by atoms with Gasteiger partial charge in [0.25, 0.3) is 0 Å². The van der Waals surface area contributed by atoms with E-state index >= 15 is 0 Å². The third-order valence-electron chi connectivity index (χ3n) is 5.24. The zero-order chi connectivity index (χ0) is 17.9. The highest BCUT2D eigenvalue weighted by Gasteiger charge is 2.30. The van der Waals surface area contributed by atoms with Gasteiger partial charge in [0.05, 0.1) is 12.6 Å². The van der Waals surface area contributed by atoms with Crippen molar-refractivity contribution in [2.24, 2.45) is 5.73 Å². The van der Waals surface area contributed by atoms with Crippen molar-refractivity contribution in [1.82, 2.24) is 9.88 Å². The van der Waals surface area contributed by atoms with E-state index in [-0.39, 0.29) is 5.91 Å². The van der Waals surface area contributed by atoms with E-state index in [2.05, 4.69) is 0 Å². The zero-order valence-electron chi connectivity index (χ0n) is 14.9. The minimum absolute atomic E-state index is 0.0184. The molecule has 2 aliphatic heterocycles. The van der Waals surface area contributed by atoms with Crippen molar-refractivity contribution in [3.8, 4) is 0 Å². The van der Waals surface area contributed by atoms with E-state index in [1.807, 2.05) is 35.2 Å². The number of oxazole rings is 1. The molecule has 26 heavy (non-hydrogen) atoms. The van der Waals surface area contributed by atoms with Crippen LogP contribution in [0.15, 0.2) is 34.7 Å². The Labute approximate surface area is 153 Å². The summed E-state index contributed by atoms with van der Waals surface area (Å²) >= 11 is 0. The number of hydrogen-bond donors (Lipinski definition) is 1. The topological polar surface area (TPSA) is 81.6 Å². The summed E-state index contributed by atoms with van der Waals surface area (Å²) in [4.78, 5) is 19.3. The summed E-state index contributed by atoms with van der Waals surface area (Å²) in [5, 5.41) is 0. The van der Waals surface area contributed by atoms with Gasteiger partial charge in [0, 0.05) is 32.1 Å². The summed E-state index contributed by atoms with van der Waals surface area (Å²) in [6.07, 6.45) is 3.15. The highest BCUT2D eigenvalue weighted by atomic mass is 16.5. The first-order chi connectivity index (χ1) is 12.7. The van der Waals surface area contributed by atoms with Crippen LogP contribution in [0.2, 0.25) is 0 Å². The number of aromatic nitrogens is 1. The fourth-order valence-corrected chi connectivity index (χ4v) is 3.72. The molecule has 1 aromatic heterocycles. The quantitative estimate of drug-likeness (QED) is 0.907. The minimum atomic E-state index is -0.527. The summed E-state index contributed by atoms with van der Waals surface area (Å²) < 4.78 is 11.4. The predicted octanol–water partition coefficient (Wildman–Crippen LogP) is 2.02. The van der Waals surface area contributed by atoms with Crippen LogP contribution < -0.4 is 5.73 Å². The average molecular weight is 355 g/mol. The van der Waals surface area contributed by atoms with E-state index in [0.717, 1.165) is 49.0 Å². The van der Waals surface area contributed by atoms with Gasteiger partial charge in [-0.2, -0.15) is 0 Å². The van der Waals surface area contributed by atoms with Crippen molar-refractivity contribution in [3.63, 3.8) is 0 Å². The third-order valence-corrected chi connectivity index (χ3v) is 5.24. The summed E-state index contributed by atoms with van der Waals surface area (Å²) in [5.41, 5.74) is 8.14. The Morgan fingerprint density at radius 3 is 2.81 bits per heavy atom. The monoisotopic (exact) mass is 355 g/mol. The highest BCUT2D eigenvalue weighted by molar-refractivity contribution is 5.82. The summed E-state index contributed by atoms with van der Waals surface area (Å²) in [6, 6.07) is 9.36. The number of carbonyl (C=O) groups excluding carboxylic acids is 1. The fourth-order valence-electron chi connectivity index (χ4n) is 3.72. The van der Waals surface area contributed by atoms with E-state index in [1.165, 1.54) is 0 Å². The second kappa shape index (κ2) is 7.60. The van der Waals surface area contributed by atoms with Gasteiger partial charge in [-0.3, -0.25) is 4.79 Å². The van der Waals surface area contributed by atoms with Gasteiger partial charge in [0.2, 0.25) is 5.91 Å². The van der Waals surface area contributed by atoms with E-state index in [9.17, 15) is 4.79 Å². The molecular weight excluding hydrogens is 330 g/mol. The van der Waals surface area contributed by atoms with Gasteiger partial charge >= 0.3 is 0 Å². The maximum absolute atomic E-state index is 12.7. The molecule has 138 valence electrons. The molecule has 6 heteroatoms. The largest absolute Gasteiger partial charge is 0.445 e. The molecule has 0 unspecified atom stereocenters. The van der Waals surface area contributed by atoms with Crippen LogP contribution in [0.25, 0.3) is 0 Å². The van der Waals surface area contributed by atoms with Crippen LogP contribution in [0.4, 0.5) is 0 Å². The van der Waals surface area contributed by atoms with E-state index in [1.54, 1.807) is 0 Å². The summed E-state index contributed by atoms with van der Waals surface area (Å²) in [5.74, 6) is 2.04. The van der Waals surface area contributed by atoms with Crippen molar-refractivity contribution >= 4 is 5.91 Å². The first-order valence-corrected chi connectivity index (χ1v) is 9.35. The number of nitrogens with zero attached hydrogens (tertiary/aromatic N) is 2. The molecule has 1 aromatic carbocycles. The van der Waals surface area contributed by atoms with Crippen molar-refractivity contribution in [2.75, 3.05) is 19.8 Å². The molecule has 2 aliphatic rings. The van der Waals surface area contributed by atoms with Crippen LogP contribution in [-0.2, 0) is 28.9 Å². The molecule has 2 aromatic rings. The van der Waals surface area contributed by atoms with Crippen LogP contribution >= 0.6 is 0 Å². The van der Waals surface area contributed by atoms with Gasteiger partial charge in [0.15, 0.2) is 5.89 Å². The van der Waals surface area contributed by atoms with Crippen molar-refractivity contribution in [3.05, 3.63) is 53.2 Å². The van der Waals surface area contributed by atoms with Crippen molar-refractivity contribution in [1.29, 1.82) is 0 Å². The zero-order valence-corrected chi connectivity index (χ0v) is 14.9. The molecule has 6 nitrogen and oxygen atoms in total. The van der Waals surface area contributed by atoms with Gasteiger partial charge < -0.3 is 19.8 Å². The lowest BCUT2D eigenvalue weighted by molar-refractivity contribution is -0.133. The second-order valence-corrected chi connectivity index (χ2v) is 7.11. The number of fused-ring (bicyclic) bond motifs is 1. The number of ether oxygens (including phenoxy) is 1. The van der Waals surface area contributed by atoms with Gasteiger partial charge in [-0.25, -0.2) is 4.98 Å². The van der Waals surface area contributed by atoms with Crippen LogP contribution in [0.3, 0.4) is 0 Å². The number of rotatable bonds is 4. The second-order valence-electron chi connectivity index (χ2n) is 7.11. The maximum atomic E-state index is 12.7. The van der Waals surface area contributed by atoms with Gasteiger partial charge in [-0.1, -0.05) is 30.3 Å². The molecule has 2 N–H and O–H groups in total. The Kier molecular flexibility index (Phi) is 5.04. The normalized spacial score (nSPS) is 19.2. The minimum Gasteiger partial charge on any atom is -0.445 e. The van der Waals surface area contributed by atoms with Crippen molar-refractivity contribution < 1.29 is 13.9 Å². The number of benzene rings is 1. The highest BCUT2D eigenvalue weighted by Crippen LogP contribution is 2.30. The molecule has 1 atom stereocenters. The van der Waals surface area contributed by atoms with Crippen LogP contribution in [0.1, 0.15) is 41.7 Å². The molecule has 0 bridgehead atoms. The molecule has 4 rings (SSSR count). The molecule has 1 saturated heterocycles. The standard InChI is InChI=1S/C20H25N3O3/c21-16(12-14-4-2-1-3-5-14)20(24)23-9-6-18-17(13-23)22-19(26-18)15-7-10-25-11-8-15/h1-5,15-16H,6-13,21H2/t16-/m1/s1. The lowest BCUT2D eigenvalue weighted by Crippen LogP contribution is -2.46. The van der Waals surface area contributed by atoms with E-state index < -0.39 is 6.04 Å². The predicted molar refractivity (Wildman–Crippen MR) is 96.5 cm³/mol. The van der Waals surface area contributed by atoms with Crippen LogP contribution in [0, 0.1) is 0 Å². The third kappa shape index (κ3) is 3.66. The smallest absolute Gasteiger partial charge is 0.240 e. The molecule has 1 fully saturated rings. The SMILES string of the molecule is N[C@H](Cc1ccccc1)C(=O)N1CCc2oc(C3CCOCC3)nc2C1. The lowest BCUT2D eigenvalue weighted by atomic mass is 10.0. The van der Waals surface area contributed by atoms with Gasteiger partial charge in [0.1, 0.15) is 11.5 Å².